The van der Waals surface area contributed by atoms with E-state index in [4.69, 9.17) is 0 Å². The third-order valence-electron chi connectivity index (χ3n) is 3.42. The number of aromatic nitrogens is 2. The number of carbonyl (C=O) groups is 1. The Kier molecular flexibility index (Phi) is 4.47. The number of carboxylic acid groups (broad SMARTS) is 1. The van der Waals surface area contributed by atoms with Crippen LogP contribution in [-0.2, 0) is 0 Å². The van der Waals surface area contributed by atoms with E-state index in [2.05, 4.69) is 29.0 Å². The van der Waals surface area contributed by atoms with E-state index >= 15 is 0 Å². The molecule has 2 N–H and O–H groups in total. The lowest BCUT2D eigenvalue weighted by Crippen LogP contribution is -2.37. The van der Waals surface area contributed by atoms with Crippen molar-refractivity contribution in [1.82, 2.24) is 14.3 Å². The first-order chi connectivity index (χ1) is 9.90. The van der Waals surface area contributed by atoms with E-state index < -0.39 is 5.97 Å². The molecule has 21 heavy (non-hydrogen) atoms. The molecule has 2 aromatic rings. The van der Waals surface area contributed by atoms with Crippen molar-refractivity contribution in [2.45, 2.75) is 19.9 Å². The third kappa shape index (κ3) is 3.33. The molecule has 0 saturated carbocycles. The van der Waals surface area contributed by atoms with Crippen LogP contribution in [0.5, 0.6) is 0 Å². The van der Waals surface area contributed by atoms with Crippen LogP contribution in [0.4, 0.5) is 5.82 Å². The van der Waals surface area contributed by atoms with Crippen LogP contribution in [0.2, 0.25) is 0 Å². The van der Waals surface area contributed by atoms with Gasteiger partial charge in [-0.05, 0) is 32.1 Å². The van der Waals surface area contributed by atoms with Gasteiger partial charge in [-0.15, -0.1) is 0 Å². The van der Waals surface area contributed by atoms with E-state index in [1.54, 1.807) is 22.7 Å². The third-order valence-corrected chi connectivity index (χ3v) is 3.42. The number of rotatable bonds is 6. The summed E-state index contributed by atoms with van der Waals surface area (Å²) < 4.78 is 1.59. The Morgan fingerprint density at radius 3 is 2.71 bits per heavy atom. The second-order valence-electron chi connectivity index (χ2n) is 5.80. The van der Waals surface area contributed by atoms with Gasteiger partial charge < -0.3 is 15.3 Å². The lowest BCUT2D eigenvalue weighted by atomic mass is 10.0. The summed E-state index contributed by atoms with van der Waals surface area (Å²) in [6.45, 7) is 5.03. The number of nitrogens with one attached hydrogen (secondary N) is 1. The van der Waals surface area contributed by atoms with Crippen molar-refractivity contribution in [2.24, 2.45) is 5.92 Å². The number of fused-ring (bicyclic) bond motifs is 1. The normalized spacial score (nSPS) is 13.0. The van der Waals surface area contributed by atoms with Gasteiger partial charge in [-0.25, -0.2) is 9.78 Å². The number of hydrogen-bond acceptors (Lipinski definition) is 4. The molecule has 2 rings (SSSR count). The van der Waals surface area contributed by atoms with Gasteiger partial charge in [0.05, 0.1) is 0 Å². The highest BCUT2D eigenvalue weighted by atomic mass is 16.4. The summed E-state index contributed by atoms with van der Waals surface area (Å²) in [5, 5.41) is 12.8. The highest BCUT2D eigenvalue weighted by Crippen LogP contribution is 2.20. The van der Waals surface area contributed by atoms with Crippen LogP contribution >= 0.6 is 0 Å². The number of likely N-dealkylation sites (N-methyl/N-ethyl adjacent to an activating group) is 1. The van der Waals surface area contributed by atoms with Crippen LogP contribution in [0.15, 0.2) is 24.4 Å². The molecule has 0 fully saturated rings. The highest BCUT2D eigenvalue weighted by Gasteiger charge is 2.22. The molecule has 0 spiro atoms. The van der Waals surface area contributed by atoms with Gasteiger partial charge in [-0.1, -0.05) is 19.9 Å². The van der Waals surface area contributed by atoms with E-state index in [-0.39, 0.29) is 11.7 Å². The number of carboxylic acids is 1. The monoisotopic (exact) mass is 290 g/mol. The average Bonchev–Trinajstić information content (AvgIpc) is 2.75. The Labute approximate surface area is 124 Å². The van der Waals surface area contributed by atoms with E-state index in [9.17, 15) is 9.90 Å². The van der Waals surface area contributed by atoms with Crippen molar-refractivity contribution in [3.8, 4) is 0 Å². The topological polar surface area (TPSA) is 69.9 Å². The summed E-state index contributed by atoms with van der Waals surface area (Å²) >= 11 is 0. The van der Waals surface area contributed by atoms with Gasteiger partial charge >= 0.3 is 5.97 Å². The summed E-state index contributed by atoms with van der Waals surface area (Å²) in [6.07, 6.45) is 1.72. The number of pyridine rings is 1. The van der Waals surface area contributed by atoms with Gasteiger partial charge in [0.15, 0.2) is 11.5 Å². The summed E-state index contributed by atoms with van der Waals surface area (Å²) in [7, 11) is 4.00. The Morgan fingerprint density at radius 2 is 2.14 bits per heavy atom. The summed E-state index contributed by atoms with van der Waals surface area (Å²) in [5.41, 5.74) is 0.805. The van der Waals surface area contributed by atoms with Crippen molar-refractivity contribution in [3.05, 3.63) is 30.1 Å². The smallest absolute Gasteiger partial charge is 0.356 e. The molecule has 1 atom stereocenters. The Morgan fingerprint density at radius 1 is 1.43 bits per heavy atom. The van der Waals surface area contributed by atoms with E-state index in [1.165, 1.54) is 0 Å². The summed E-state index contributed by atoms with van der Waals surface area (Å²) in [5.74, 6) is -0.198. The number of anilines is 1. The molecule has 6 nitrogen and oxygen atoms in total. The second-order valence-corrected chi connectivity index (χ2v) is 5.80. The van der Waals surface area contributed by atoms with Gasteiger partial charge in [0.1, 0.15) is 5.65 Å². The van der Waals surface area contributed by atoms with Crippen molar-refractivity contribution in [2.75, 3.05) is 26.0 Å². The quantitative estimate of drug-likeness (QED) is 0.852. The van der Waals surface area contributed by atoms with Gasteiger partial charge in [0, 0.05) is 18.8 Å². The Bertz CT molecular complexity index is 634. The van der Waals surface area contributed by atoms with Crippen LogP contribution in [0.3, 0.4) is 0 Å². The fourth-order valence-electron chi connectivity index (χ4n) is 2.29. The Hall–Kier alpha value is -2.08. The number of hydrogen-bond donors (Lipinski definition) is 2. The zero-order valence-corrected chi connectivity index (χ0v) is 12.9. The first-order valence-corrected chi connectivity index (χ1v) is 7.01. The fraction of sp³-hybridized carbons (Fsp3) is 0.467. The first kappa shape index (κ1) is 15.3. The molecule has 2 heterocycles. The second kappa shape index (κ2) is 6.13. The molecular formula is C15H22N4O2. The van der Waals surface area contributed by atoms with Crippen molar-refractivity contribution >= 4 is 17.4 Å². The molecule has 0 saturated heterocycles. The summed E-state index contributed by atoms with van der Waals surface area (Å²) in [6, 6.07) is 5.57. The zero-order valence-electron chi connectivity index (χ0n) is 12.9. The van der Waals surface area contributed by atoms with E-state index in [0.717, 1.165) is 6.54 Å². The van der Waals surface area contributed by atoms with Crippen LogP contribution in [0.1, 0.15) is 24.3 Å². The highest BCUT2D eigenvalue weighted by molar-refractivity contribution is 5.93. The standard InChI is InChI=1S/C15H22N4O2/c1-10(2)11(9-18(3)4)16-14-13(15(20)21)19-8-6-5-7-12(19)17-14/h5-8,10-11,16H,9H2,1-4H3,(H,20,21). The van der Waals surface area contributed by atoms with Crippen LogP contribution in [0, 0.1) is 5.92 Å². The minimum atomic E-state index is -0.983. The molecule has 0 radical (unpaired) electrons. The maximum atomic E-state index is 11.6. The maximum Gasteiger partial charge on any atom is 0.356 e. The predicted octanol–water partition coefficient (Wildman–Crippen LogP) is 2.03. The SMILES string of the molecule is CC(C)C(CN(C)C)Nc1nc2ccccn2c1C(=O)O. The number of imidazole rings is 1. The van der Waals surface area contributed by atoms with Gasteiger partial charge in [0.25, 0.3) is 0 Å². The zero-order chi connectivity index (χ0) is 15.6. The summed E-state index contributed by atoms with van der Waals surface area (Å²) in [4.78, 5) is 18.1. The number of aromatic carboxylic acids is 1. The molecular weight excluding hydrogens is 268 g/mol. The molecule has 0 bridgehead atoms. The molecule has 114 valence electrons. The average molecular weight is 290 g/mol. The van der Waals surface area contributed by atoms with Gasteiger partial charge in [0.2, 0.25) is 0 Å². The van der Waals surface area contributed by atoms with Crippen molar-refractivity contribution < 1.29 is 9.90 Å². The minimum Gasteiger partial charge on any atom is -0.476 e. The van der Waals surface area contributed by atoms with E-state index in [0.29, 0.717) is 17.4 Å². The maximum absolute atomic E-state index is 11.6. The molecule has 0 aliphatic carbocycles. The van der Waals surface area contributed by atoms with Gasteiger partial charge in [-0.2, -0.15) is 0 Å². The molecule has 6 heteroatoms. The van der Waals surface area contributed by atoms with Gasteiger partial charge in [-0.3, -0.25) is 4.40 Å². The molecule has 0 aliphatic heterocycles. The lowest BCUT2D eigenvalue weighted by Gasteiger charge is -2.25. The van der Waals surface area contributed by atoms with E-state index in [1.807, 2.05) is 20.2 Å². The van der Waals surface area contributed by atoms with Crippen LogP contribution in [0.25, 0.3) is 5.65 Å². The van der Waals surface area contributed by atoms with Crippen LogP contribution in [-0.4, -0.2) is 52.0 Å². The van der Waals surface area contributed by atoms with Crippen LogP contribution < -0.4 is 5.32 Å². The molecule has 2 aromatic heterocycles. The lowest BCUT2D eigenvalue weighted by molar-refractivity contribution is 0.0690. The van der Waals surface area contributed by atoms with Crippen molar-refractivity contribution in [1.29, 1.82) is 0 Å². The van der Waals surface area contributed by atoms with Crippen molar-refractivity contribution in [3.63, 3.8) is 0 Å². The number of nitrogens with zero attached hydrogens (tertiary/aromatic N) is 3. The molecule has 0 amide bonds. The first-order valence-electron chi connectivity index (χ1n) is 7.01. The molecule has 0 aromatic carbocycles. The fourth-order valence-corrected chi connectivity index (χ4v) is 2.29. The molecule has 1 unspecified atom stereocenters. The molecule has 0 aliphatic rings. The largest absolute Gasteiger partial charge is 0.476 e. The Balaban J connectivity index is 2.40. The predicted molar refractivity (Wildman–Crippen MR) is 83.0 cm³/mol. The minimum absolute atomic E-state index is 0.128.